The van der Waals surface area contributed by atoms with Gasteiger partial charge < -0.3 is 4.90 Å². The SMILES string of the molecule is Br.CN(C)CCCc1ccccc1P(c1ccccc1)c1ccccc1. The monoisotopic (exact) mass is 427 g/mol. The predicted octanol–water partition coefficient (Wildman–Crippen LogP) is 4.52. The number of aryl methyl sites for hydroxylation is 1. The van der Waals surface area contributed by atoms with Crippen LogP contribution in [0.15, 0.2) is 84.9 Å². The molecule has 0 saturated carbocycles. The van der Waals surface area contributed by atoms with E-state index in [1.165, 1.54) is 27.9 Å². The lowest BCUT2D eigenvalue weighted by atomic mass is 10.1. The number of halogens is 1. The van der Waals surface area contributed by atoms with E-state index in [9.17, 15) is 0 Å². The van der Waals surface area contributed by atoms with Gasteiger partial charge in [-0.15, -0.1) is 17.0 Å². The largest absolute Gasteiger partial charge is 0.309 e. The maximum absolute atomic E-state index is 2.33. The molecule has 0 unspecified atom stereocenters. The summed E-state index contributed by atoms with van der Waals surface area (Å²) in [6.45, 7) is 1.13. The van der Waals surface area contributed by atoms with Crippen molar-refractivity contribution in [3.8, 4) is 0 Å². The van der Waals surface area contributed by atoms with E-state index in [0.29, 0.717) is 0 Å². The maximum atomic E-state index is 2.33. The van der Waals surface area contributed by atoms with Gasteiger partial charge >= 0.3 is 0 Å². The van der Waals surface area contributed by atoms with Crippen molar-refractivity contribution in [3.05, 3.63) is 90.5 Å². The van der Waals surface area contributed by atoms with Crippen molar-refractivity contribution in [1.29, 1.82) is 0 Å². The number of nitrogens with zero attached hydrogens (tertiary/aromatic N) is 1. The molecular weight excluding hydrogens is 401 g/mol. The molecule has 3 aromatic rings. The molecule has 0 heterocycles. The van der Waals surface area contributed by atoms with Gasteiger partial charge in [0, 0.05) is 0 Å². The Morgan fingerprint density at radius 2 is 1.19 bits per heavy atom. The van der Waals surface area contributed by atoms with E-state index in [0.717, 1.165) is 13.0 Å². The van der Waals surface area contributed by atoms with Crippen LogP contribution in [0.1, 0.15) is 12.0 Å². The third-order valence-corrected chi connectivity index (χ3v) is 6.86. The average Bonchev–Trinajstić information content (AvgIpc) is 2.65. The molecule has 0 aliphatic heterocycles. The highest BCUT2D eigenvalue weighted by molar-refractivity contribution is 8.93. The third-order valence-electron chi connectivity index (χ3n) is 4.31. The van der Waals surface area contributed by atoms with E-state index in [-0.39, 0.29) is 17.0 Å². The Hall–Kier alpha value is -1.47. The first-order chi connectivity index (χ1) is 12.3. The zero-order valence-electron chi connectivity index (χ0n) is 15.5. The van der Waals surface area contributed by atoms with Crippen molar-refractivity contribution < 1.29 is 0 Å². The van der Waals surface area contributed by atoms with Crippen LogP contribution in [0.2, 0.25) is 0 Å². The quantitative estimate of drug-likeness (QED) is 0.501. The minimum absolute atomic E-state index is 0. The molecule has 0 aliphatic rings. The molecule has 0 atom stereocenters. The molecule has 0 N–H and O–H groups in total. The van der Waals surface area contributed by atoms with Crippen LogP contribution in [0.5, 0.6) is 0 Å². The second-order valence-corrected chi connectivity index (χ2v) is 8.73. The Balaban J connectivity index is 0.00000243. The van der Waals surface area contributed by atoms with Gasteiger partial charge in [-0.3, -0.25) is 0 Å². The summed E-state index contributed by atoms with van der Waals surface area (Å²) in [6, 6.07) is 30.9. The van der Waals surface area contributed by atoms with Crippen molar-refractivity contribution >= 4 is 40.8 Å². The first-order valence-electron chi connectivity index (χ1n) is 8.88. The summed E-state index contributed by atoms with van der Waals surface area (Å²) in [7, 11) is 3.78. The first-order valence-corrected chi connectivity index (χ1v) is 10.2. The van der Waals surface area contributed by atoms with Crippen LogP contribution in [0.25, 0.3) is 0 Å². The molecular formula is C23H27BrNP. The summed E-state index contributed by atoms with van der Waals surface area (Å²) in [4.78, 5) is 2.26. The van der Waals surface area contributed by atoms with Gasteiger partial charge in [-0.25, -0.2) is 0 Å². The lowest BCUT2D eigenvalue weighted by Crippen LogP contribution is -2.23. The van der Waals surface area contributed by atoms with E-state index >= 15 is 0 Å². The molecule has 0 saturated heterocycles. The minimum atomic E-state index is -0.512. The van der Waals surface area contributed by atoms with Crippen LogP contribution in [0, 0.1) is 0 Å². The van der Waals surface area contributed by atoms with Crippen molar-refractivity contribution in [2.24, 2.45) is 0 Å². The van der Waals surface area contributed by atoms with E-state index in [4.69, 9.17) is 0 Å². The van der Waals surface area contributed by atoms with Crippen LogP contribution >= 0.6 is 24.9 Å². The van der Waals surface area contributed by atoms with Gasteiger partial charge in [-0.05, 0) is 62.9 Å². The Morgan fingerprint density at radius 1 is 0.692 bits per heavy atom. The van der Waals surface area contributed by atoms with Crippen LogP contribution in [0.4, 0.5) is 0 Å². The number of rotatable bonds is 7. The molecule has 1 nitrogen and oxygen atoms in total. The van der Waals surface area contributed by atoms with Gasteiger partial charge in [0.2, 0.25) is 0 Å². The van der Waals surface area contributed by atoms with E-state index in [1.54, 1.807) is 0 Å². The lowest BCUT2D eigenvalue weighted by Gasteiger charge is -2.22. The lowest BCUT2D eigenvalue weighted by molar-refractivity contribution is 0.400. The first kappa shape index (κ1) is 20.8. The Bertz CT molecular complexity index is 735. The van der Waals surface area contributed by atoms with E-state index < -0.39 is 7.92 Å². The number of hydrogen-bond acceptors (Lipinski definition) is 1. The summed E-state index contributed by atoms with van der Waals surface area (Å²) in [6.07, 6.45) is 2.32. The fourth-order valence-electron chi connectivity index (χ4n) is 3.11. The Labute approximate surface area is 169 Å². The van der Waals surface area contributed by atoms with Crippen molar-refractivity contribution in [2.45, 2.75) is 12.8 Å². The predicted molar refractivity (Wildman–Crippen MR) is 122 cm³/mol. The van der Waals surface area contributed by atoms with Crippen LogP contribution < -0.4 is 15.9 Å². The van der Waals surface area contributed by atoms with Crippen LogP contribution in [0.3, 0.4) is 0 Å². The minimum Gasteiger partial charge on any atom is -0.309 e. The van der Waals surface area contributed by atoms with E-state index in [2.05, 4.69) is 104 Å². The maximum Gasteiger partial charge on any atom is -0.00217 e. The second-order valence-electron chi connectivity index (χ2n) is 6.54. The number of benzene rings is 3. The molecule has 0 amide bonds. The van der Waals surface area contributed by atoms with Gasteiger partial charge in [-0.2, -0.15) is 0 Å². The normalized spacial score (nSPS) is 10.8. The molecule has 3 rings (SSSR count). The summed E-state index contributed by atoms with van der Waals surface area (Å²) < 4.78 is 0. The second kappa shape index (κ2) is 10.6. The Kier molecular flexibility index (Phi) is 8.51. The van der Waals surface area contributed by atoms with Gasteiger partial charge in [-0.1, -0.05) is 84.9 Å². The van der Waals surface area contributed by atoms with Gasteiger partial charge in [0.15, 0.2) is 0 Å². The fourth-order valence-corrected chi connectivity index (χ4v) is 5.61. The zero-order valence-corrected chi connectivity index (χ0v) is 18.1. The average molecular weight is 428 g/mol. The zero-order chi connectivity index (χ0) is 17.5. The molecule has 0 bridgehead atoms. The van der Waals surface area contributed by atoms with E-state index in [1.807, 2.05) is 0 Å². The summed E-state index contributed by atoms with van der Waals surface area (Å²) in [5, 5.41) is 4.33. The standard InChI is InChI=1S/C23H26NP.BrH/c1-24(2)19-11-13-20-12-9-10-18-23(20)25(21-14-5-3-6-15-21)22-16-7-4-8-17-22;/h3-10,12,14-18H,11,13,19H2,1-2H3;1H. The van der Waals surface area contributed by atoms with Gasteiger partial charge in [0.25, 0.3) is 0 Å². The summed E-state index contributed by atoms with van der Waals surface area (Å²) in [5.74, 6) is 0. The Morgan fingerprint density at radius 3 is 1.73 bits per heavy atom. The number of hydrogen-bond donors (Lipinski definition) is 0. The third kappa shape index (κ3) is 5.51. The summed E-state index contributed by atoms with van der Waals surface area (Å²) >= 11 is 0. The molecule has 0 radical (unpaired) electrons. The van der Waals surface area contributed by atoms with Crippen LogP contribution in [-0.4, -0.2) is 25.5 Å². The van der Waals surface area contributed by atoms with Crippen molar-refractivity contribution in [2.75, 3.05) is 20.6 Å². The van der Waals surface area contributed by atoms with Gasteiger partial charge in [0.1, 0.15) is 0 Å². The molecule has 0 spiro atoms. The highest BCUT2D eigenvalue weighted by Gasteiger charge is 2.18. The highest BCUT2D eigenvalue weighted by Crippen LogP contribution is 2.34. The molecule has 3 heteroatoms. The topological polar surface area (TPSA) is 3.24 Å². The molecule has 0 fully saturated rings. The molecule has 0 aromatic heterocycles. The molecule has 3 aromatic carbocycles. The van der Waals surface area contributed by atoms with Crippen LogP contribution in [-0.2, 0) is 6.42 Å². The molecule has 136 valence electrons. The smallest absolute Gasteiger partial charge is 0.00217 e. The van der Waals surface area contributed by atoms with Crippen molar-refractivity contribution in [3.63, 3.8) is 0 Å². The van der Waals surface area contributed by atoms with Crippen molar-refractivity contribution in [1.82, 2.24) is 4.90 Å². The summed E-state index contributed by atoms with van der Waals surface area (Å²) in [5.41, 5.74) is 1.49. The fraction of sp³-hybridized carbons (Fsp3) is 0.217. The molecule has 26 heavy (non-hydrogen) atoms. The van der Waals surface area contributed by atoms with Gasteiger partial charge in [0.05, 0.1) is 0 Å². The molecule has 0 aliphatic carbocycles. The highest BCUT2D eigenvalue weighted by atomic mass is 79.9.